The minimum Gasteiger partial charge on any atom is -0.485 e. The zero-order chi connectivity index (χ0) is 54.6. The Balaban J connectivity index is 0.721. The summed E-state index contributed by atoms with van der Waals surface area (Å²) in [6.45, 7) is 6.67. The molecule has 15 nitrogen and oxygen atoms in total. The lowest BCUT2D eigenvalue weighted by Gasteiger charge is -2.47. The van der Waals surface area contributed by atoms with Gasteiger partial charge in [0.05, 0.1) is 11.3 Å². The summed E-state index contributed by atoms with van der Waals surface area (Å²) in [5.41, 5.74) is 4.43. The van der Waals surface area contributed by atoms with Gasteiger partial charge in [-0.2, -0.15) is 0 Å². The van der Waals surface area contributed by atoms with Gasteiger partial charge in [-0.15, -0.1) is 0 Å². The van der Waals surface area contributed by atoms with Crippen LogP contribution < -0.4 is 33.7 Å². The van der Waals surface area contributed by atoms with Gasteiger partial charge in [-0.05, 0) is 127 Å². The summed E-state index contributed by atoms with van der Waals surface area (Å²) in [4.78, 5) is 50.0. The van der Waals surface area contributed by atoms with E-state index in [1.165, 1.54) is 5.56 Å². The third-order valence-corrected chi connectivity index (χ3v) is 17.4. The molecule has 80 heavy (non-hydrogen) atoms. The Bertz CT molecular complexity index is 3130. The molecule has 6 aromatic carbocycles. The van der Waals surface area contributed by atoms with Crippen LogP contribution in [0.2, 0.25) is 0 Å². The van der Waals surface area contributed by atoms with Crippen molar-refractivity contribution in [2.45, 2.75) is 82.5 Å². The van der Waals surface area contributed by atoms with Gasteiger partial charge in [0.25, 0.3) is 0 Å². The molecule has 2 unspecified atom stereocenters. The molecule has 3 saturated heterocycles. The van der Waals surface area contributed by atoms with Crippen LogP contribution in [0.3, 0.4) is 0 Å². The number of carboxylic acids is 2. The van der Waals surface area contributed by atoms with E-state index in [1.807, 2.05) is 84.9 Å². The third-order valence-electron chi connectivity index (χ3n) is 17.4. The van der Waals surface area contributed by atoms with Gasteiger partial charge in [0.1, 0.15) is 19.8 Å². The fraction of sp³-hybridized carbons (Fsp3) is 0.400. The van der Waals surface area contributed by atoms with E-state index in [4.69, 9.17) is 28.4 Å². The lowest BCUT2D eigenvalue weighted by atomic mass is 9.58. The molecule has 3 N–H and O–H groups in total. The monoisotopic (exact) mass is 1080 g/mol. The SMILES string of the molecule is O=C(CC(C(=O)O)(C(C(=O)O)[C@H]1CCN(Cc2ccc([C@H]3COc4ccccc4O3)cc2)C1)[C@@H]1CCCN(Cc2ccc([C@H]3COc4ccccc4O3)cc2)C1)NC1CCN(Cc2ccc([C@H]3COc4ccccc4O3)cc2)CC1. The molecule has 6 aliphatic heterocycles. The number of benzene rings is 6. The number of ether oxygens (including phenoxy) is 6. The molecule has 0 aromatic heterocycles. The molecule has 1 amide bonds. The molecular formula is C65H70N4O11. The van der Waals surface area contributed by atoms with E-state index in [1.54, 1.807) is 0 Å². The first-order chi connectivity index (χ1) is 39.1. The number of carbonyl (C=O) groups is 3. The number of amides is 1. The number of likely N-dealkylation sites (tertiary alicyclic amines) is 3. The number of nitrogens with one attached hydrogen (secondary N) is 1. The number of carbonyl (C=O) groups excluding carboxylic acids is 1. The van der Waals surface area contributed by atoms with Crippen LogP contribution in [0.25, 0.3) is 0 Å². The van der Waals surface area contributed by atoms with Gasteiger partial charge in [-0.3, -0.25) is 29.1 Å². The first-order valence-electron chi connectivity index (χ1n) is 28.4. The highest BCUT2D eigenvalue weighted by molar-refractivity contribution is 5.90. The summed E-state index contributed by atoms with van der Waals surface area (Å²) in [6, 6.07) is 47.8. The van der Waals surface area contributed by atoms with Crippen molar-refractivity contribution < 1.29 is 53.0 Å². The second-order valence-corrected chi connectivity index (χ2v) is 22.6. The number of fused-ring (bicyclic) bond motifs is 3. The molecule has 416 valence electrons. The average molecular weight is 1080 g/mol. The molecule has 6 aliphatic rings. The first-order valence-corrected chi connectivity index (χ1v) is 28.4. The van der Waals surface area contributed by atoms with Gasteiger partial charge in [-0.1, -0.05) is 109 Å². The zero-order valence-corrected chi connectivity index (χ0v) is 45.0. The Hall–Kier alpha value is -7.59. The van der Waals surface area contributed by atoms with Crippen molar-refractivity contribution in [2.75, 3.05) is 59.1 Å². The lowest BCUT2D eigenvalue weighted by Crippen LogP contribution is -2.57. The topological polar surface area (TPSA) is 169 Å². The molecule has 0 bridgehead atoms. The molecule has 15 heteroatoms. The summed E-state index contributed by atoms with van der Waals surface area (Å²) < 4.78 is 36.7. The largest absolute Gasteiger partial charge is 0.485 e. The van der Waals surface area contributed by atoms with Crippen LogP contribution in [0.1, 0.15) is 90.2 Å². The Morgan fingerprint density at radius 2 is 0.912 bits per heavy atom. The van der Waals surface area contributed by atoms with Gasteiger partial charge >= 0.3 is 11.9 Å². The number of piperidine rings is 2. The molecule has 0 aliphatic carbocycles. The van der Waals surface area contributed by atoms with Crippen molar-refractivity contribution in [3.63, 3.8) is 0 Å². The van der Waals surface area contributed by atoms with E-state index in [0.717, 1.165) is 77.0 Å². The van der Waals surface area contributed by atoms with Crippen molar-refractivity contribution in [3.05, 3.63) is 179 Å². The van der Waals surface area contributed by atoms with Gasteiger partial charge in [0, 0.05) is 58.3 Å². The highest BCUT2D eigenvalue weighted by Gasteiger charge is 2.59. The quantitative estimate of drug-likeness (QED) is 0.0789. The van der Waals surface area contributed by atoms with E-state index in [2.05, 4.69) is 80.7 Å². The predicted octanol–water partition coefficient (Wildman–Crippen LogP) is 9.90. The van der Waals surface area contributed by atoms with E-state index in [0.29, 0.717) is 96.1 Å². The number of hydrogen-bond acceptors (Lipinski definition) is 12. The minimum absolute atomic E-state index is 0.172. The second-order valence-electron chi connectivity index (χ2n) is 22.6. The first kappa shape index (κ1) is 53.1. The Morgan fingerprint density at radius 1 is 0.500 bits per heavy atom. The Kier molecular flexibility index (Phi) is 15.7. The molecule has 7 atom stereocenters. The highest BCUT2D eigenvalue weighted by Crippen LogP contribution is 2.50. The van der Waals surface area contributed by atoms with Gasteiger partial charge in [-0.25, -0.2) is 0 Å². The standard InChI is InChI=1S/C65H70N4O11/c70-61(66-51-28-32-67(33-29-51)35-43-15-21-46(22-16-43)58-40-75-52-9-1-4-12-55(52)78-58)34-65(64(73)74,50-8-7-30-68(39-50)36-44-17-23-47(24-18-44)59-41-76-53-10-2-5-13-56(53)79-59)62(63(71)72)49-27-31-69(38-49)37-45-19-25-48(26-20-45)60-42-77-54-11-3-6-14-57(54)80-60/h1-6,9-26,49-51,58-60,62H,7-8,27-42H2,(H,66,70)(H,71,72)(H,73,74)/t49-,50+,58+,59+,60+,62?,65?/m0/s1. The van der Waals surface area contributed by atoms with E-state index >= 15 is 0 Å². The van der Waals surface area contributed by atoms with Crippen LogP contribution in [0.5, 0.6) is 34.5 Å². The average Bonchev–Trinajstić information content (AvgIpc) is 3.96. The molecule has 6 aromatic rings. The lowest BCUT2D eigenvalue weighted by molar-refractivity contribution is -0.175. The summed E-state index contributed by atoms with van der Waals surface area (Å²) in [7, 11) is 0. The second kappa shape index (κ2) is 23.6. The Labute approximate surface area is 467 Å². The van der Waals surface area contributed by atoms with Crippen molar-refractivity contribution >= 4 is 17.8 Å². The smallest absolute Gasteiger partial charge is 0.311 e. The third kappa shape index (κ3) is 11.7. The molecule has 0 spiro atoms. The summed E-state index contributed by atoms with van der Waals surface area (Å²) in [5.74, 6) is -0.821. The van der Waals surface area contributed by atoms with Crippen LogP contribution in [-0.2, 0) is 34.0 Å². The fourth-order valence-corrected chi connectivity index (χ4v) is 13.3. The number of aliphatic carboxylic acids is 2. The highest BCUT2D eigenvalue weighted by atomic mass is 16.6. The predicted molar refractivity (Wildman–Crippen MR) is 299 cm³/mol. The number of carboxylic acid groups (broad SMARTS) is 2. The molecule has 0 saturated carbocycles. The van der Waals surface area contributed by atoms with E-state index in [9.17, 15) is 24.6 Å². The number of para-hydroxylation sites is 6. The van der Waals surface area contributed by atoms with Gasteiger partial charge in [0.2, 0.25) is 5.91 Å². The summed E-state index contributed by atoms with van der Waals surface area (Å²) in [5, 5.41) is 26.4. The normalized spacial score (nSPS) is 23.3. The van der Waals surface area contributed by atoms with Crippen LogP contribution in [-0.4, -0.2) is 108 Å². The maximum atomic E-state index is 14.7. The van der Waals surface area contributed by atoms with E-state index in [-0.39, 0.29) is 24.4 Å². The van der Waals surface area contributed by atoms with Crippen molar-refractivity contribution in [1.29, 1.82) is 0 Å². The fourth-order valence-electron chi connectivity index (χ4n) is 13.3. The van der Waals surface area contributed by atoms with Crippen LogP contribution in [0.4, 0.5) is 0 Å². The van der Waals surface area contributed by atoms with Crippen LogP contribution in [0.15, 0.2) is 146 Å². The van der Waals surface area contributed by atoms with Gasteiger partial charge in [0.15, 0.2) is 52.8 Å². The summed E-state index contributed by atoms with van der Waals surface area (Å²) >= 11 is 0. The van der Waals surface area contributed by atoms with Crippen LogP contribution >= 0.6 is 0 Å². The van der Waals surface area contributed by atoms with Crippen molar-refractivity contribution in [1.82, 2.24) is 20.0 Å². The van der Waals surface area contributed by atoms with Crippen molar-refractivity contribution in [3.8, 4) is 34.5 Å². The zero-order valence-electron chi connectivity index (χ0n) is 45.0. The molecular weight excluding hydrogens is 1010 g/mol. The van der Waals surface area contributed by atoms with Crippen molar-refractivity contribution in [2.24, 2.45) is 23.2 Å². The van der Waals surface area contributed by atoms with Crippen LogP contribution in [0, 0.1) is 23.2 Å². The van der Waals surface area contributed by atoms with E-state index < -0.39 is 47.4 Å². The Morgan fingerprint density at radius 3 is 1.35 bits per heavy atom. The number of rotatable bonds is 17. The number of hydrogen-bond donors (Lipinski definition) is 3. The molecule has 12 rings (SSSR count). The maximum absolute atomic E-state index is 14.7. The molecule has 0 radical (unpaired) electrons. The minimum atomic E-state index is -1.87. The maximum Gasteiger partial charge on any atom is 0.311 e. The summed E-state index contributed by atoms with van der Waals surface area (Å²) in [6.07, 6.45) is 1.94. The molecule has 3 fully saturated rings. The number of nitrogens with zero attached hydrogens (tertiary/aromatic N) is 3. The molecule has 6 heterocycles. The van der Waals surface area contributed by atoms with Gasteiger partial charge < -0.3 is 44.0 Å².